The summed E-state index contributed by atoms with van der Waals surface area (Å²) in [5.41, 5.74) is 0.869. The van der Waals surface area contributed by atoms with Crippen LogP contribution in [0.1, 0.15) is 10.4 Å². The number of amides is 1. The van der Waals surface area contributed by atoms with Gasteiger partial charge in [0.05, 0.1) is 26.0 Å². The SMILES string of the molecule is COc1cccc(C(=O)Nc2cnc(N(C)C)nc2N(C)C)c1OC. The van der Waals surface area contributed by atoms with Crippen molar-refractivity contribution in [2.45, 2.75) is 0 Å². The summed E-state index contributed by atoms with van der Waals surface area (Å²) in [5, 5.41) is 2.84. The zero-order chi connectivity index (χ0) is 18.6. The van der Waals surface area contributed by atoms with Crippen LogP contribution in [0, 0.1) is 0 Å². The molecule has 2 rings (SSSR count). The summed E-state index contributed by atoms with van der Waals surface area (Å²) in [5.74, 6) is 1.69. The Kier molecular flexibility index (Phi) is 5.63. The molecule has 1 N–H and O–H groups in total. The molecule has 1 heterocycles. The highest BCUT2D eigenvalue weighted by Gasteiger charge is 2.19. The van der Waals surface area contributed by atoms with Crippen molar-refractivity contribution >= 4 is 23.4 Å². The average molecular weight is 345 g/mol. The van der Waals surface area contributed by atoms with Crippen LogP contribution in [-0.2, 0) is 0 Å². The molecule has 0 unspecified atom stereocenters. The van der Waals surface area contributed by atoms with Crippen LogP contribution in [0.2, 0.25) is 0 Å². The molecule has 1 aromatic heterocycles. The Balaban J connectivity index is 2.38. The van der Waals surface area contributed by atoms with E-state index in [0.717, 1.165) is 0 Å². The first-order valence-corrected chi connectivity index (χ1v) is 7.63. The number of benzene rings is 1. The quantitative estimate of drug-likeness (QED) is 0.856. The third kappa shape index (κ3) is 3.90. The van der Waals surface area contributed by atoms with Gasteiger partial charge in [-0.2, -0.15) is 4.98 Å². The standard InChI is InChI=1S/C17H23N5O3/c1-21(2)15-12(10-18-17(20-15)22(3)4)19-16(23)11-8-7-9-13(24-5)14(11)25-6/h7-10H,1-6H3,(H,19,23). The lowest BCUT2D eigenvalue weighted by Crippen LogP contribution is -2.21. The first-order valence-electron chi connectivity index (χ1n) is 7.63. The molecule has 0 radical (unpaired) electrons. The molecule has 0 saturated heterocycles. The molecule has 0 aliphatic heterocycles. The monoisotopic (exact) mass is 345 g/mol. The van der Waals surface area contributed by atoms with Crippen LogP contribution in [-0.4, -0.2) is 58.3 Å². The maximum Gasteiger partial charge on any atom is 0.259 e. The zero-order valence-corrected chi connectivity index (χ0v) is 15.3. The fourth-order valence-corrected chi connectivity index (χ4v) is 2.26. The van der Waals surface area contributed by atoms with Crippen molar-refractivity contribution in [1.29, 1.82) is 0 Å². The minimum Gasteiger partial charge on any atom is -0.493 e. The minimum absolute atomic E-state index is 0.333. The van der Waals surface area contributed by atoms with Crippen LogP contribution in [0.5, 0.6) is 11.5 Å². The van der Waals surface area contributed by atoms with Crippen molar-refractivity contribution < 1.29 is 14.3 Å². The molecule has 0 saturated carbocycles. The Bertz CT molecular complexity index is 762. The highest BCUT2D eigenvalue weighted by molar-refractivity contribution is 6.07. The first kappa shape index (κ1) is 18.3. The molecular weight excluding hydrogens is 322 g/mol. The van der Waals surface area contributed by atoms with Crippen LogP contribution >= 0.6 is 0 Å². The predicted octanol–water partition coefficient (Wildman–Crippen LogP) is 1.88. The summed E-state index contributed by atoms with van der Waals surface area (Å²) >= 11 is 0. The number of carbonyl (C=O) groups excluding carboxylic acids is 1. The second kappa shape index (κ2) is 7.69. The van der Waals surface area contributed by atoms with Crippen LogP contribution in [0.4, 0.5) is 17.5 Å². The number of hydrogen-bond acceptors (Lipinski definition) is 7. The molecule has 0 aliphatic carbocycles. The van der Waals surface area contributed by atoms with Gasteiger partial charge in [0, 0.05) is 28.2 Å². The molecule has 0 aliphatic rings. The van der Waals surface area contributed by atoms with E-state index in [1.54, 1.807) is 29.3 Å². The van der Waals surface area contributed by atoms with Crippen LogP contribution < -0.4 is 24.6 Å². The van der Waals surface area contributed by atoms with Crippen molar-refractivity contribution in [2.24, 2.45) is 0 Å². The smallest absolute Gasteiger partial charge is 0.259 e. The van der Waals surface area contributed by atoms with Gasteiger partial charge in [0.1, 0.15) is 5.69 Å². The molecule has 0 bridgehead atoms. The van der Waals surface area contributed by atoms with Crippen molar-refractivity contribution in [3.05, 3.63) is 30.0 Å². The summed E-state index contributed by atoms with van der Waals surface area (Å²) in [7, 11) is 10.4. The molecule has 2 aromatic rings. The predicted molar refractivity (Wildman–Crippen MR) is 98.2 cm³/mol. The summed E-state index contributed by atoms with van der Waals surface area (Å²) in [6.07, 6.45) is 1.59. The van der Waals surface area contributed by atoms with Gasteiger partial charge in [0.15, 0.2) is 17.3 Å². The summed E-state index contributed by atoms with van der Waals surface area (Å²) in [6.45, 7) is 0. The van der Waals surface area contributed by atoms with Crippen molar-refractivity contribution in [2.75, 3.05) is 57.5 Å². The van der Waals surface area contributed by atoms with E-state index in [1.165, 1.54) is 14.2 Å². The molecule has 0 fully saturated rings. The number of ether oxygens (including phenoxy) is 2. The number of rotatable bonds is 6. The lowest BCUT2D eigenvalue weighted by molar-refractivity contribution is 0.102. The third-order valence-corrected chi connectivity index (χ3v) is 3.48. The molecule has 25 heavy (non-hydrogen) atoms. The van der Waals surface area contributed by atoms with Gasteiger partial charge in [-0.1, -0.05) is 6.07 Å². The van der Waals surface area contributed by atoms with E-state index in [2.05, 4.69) is 15.3 Å². The fourth-order valence-electron chi connectivity index (χ4n) is 2.26. The molecular formula is C17H23N5O3. The lowest BCUT2D eigenvalue weighted by Gasteiger charge is -2.19. The second-order valence-corrected chi connectivity index (χ2v) is 5.69. The van der Waals surface area contributed by atoms with E-state index >= 15 is 0 Å². The van der Waals surface area contributed by atoms with Gasteiger partial charge in [-0.3, -0.25) is 4.79 Å². The first-order chi connectivity index (χ1) is 11.9. The number of para-hydroxylation sites is 1. The van der Waals surface area contributed by atoms with Crippen molar-refractivity contribution in [1.82, 2.24) is 9.97 Å². The van der Waals surface area contributed by atoms with Crippen LogP contribution in [0.15, 0.2) is 24.4 Å². The Morgan fingerprint density at radius 2 is 1.80 bits per heavy atom. The lowest BCUT2D eigenvalue weighted by atomic mass is 10.1. The second-order valence-electron chi connectivity index (χ2n) is 5.69. The Labute approximate surface area is 147 Å². The highest BCUT2D eigenvalue weighted by Crippen LogP contribution is 2.32. The molecule has 0 atom stereocenters. The fraction of sp³-hybridized carbons (Fsp3) is 0.353. The number of hydrogen-bond donors (Lipinski definition) is 1. The van der Waals surface area contributed by atoms with E-state index < -0.39 is 0 Å². The number of carbonyl (C=O) groups is 1. The van der Waals surface area contributed by atoms with Crippen molar-refractivity contribution in [3.8, 4) is 11.5 Å². The summed E-state index contributed by atoms with van der Waals surface area (Å²) in [4.78, 5) is 25.1. The highest BCUT2D eigenvalue weighted by atomic mass is 16.5. The van der Waals surface area contributed by atoms with Gasteiger partial charge in [-0.25, -0.2) is 4.98 Å². The maximum absolute atomic E-state index is 12.7. The van der Waals surface area contributed by atoms with Gasteiger partial charge in [-0.15, -0.1) is 0 Å². The van der Waals surface area contributed by atoms with Gasteiger partial charge in [0.2, 0.25) is 5.95 Å². The van der Waals surface area contributed by atoms with Gasteiger partial charge >= 0.3 is 0 Å². The Morgan fingerprint density at radius 3 is 2.36 bits per heavy atom. The average Bonchev–Trinajstić information content (AvgIpc) is 2.60. The largest absolute Gasteiger partial charge is 0.493 e. The third-order valence-electron chi connectivity index (χ3n) is 3.48. The minimum atomic E-state index is -0.333. The number of nitrogens with zero attached hydrogens (tertiary/aromatic N) is 4. The molecule has 8 heteroatoms. The van der Waals surface area contributed by atoms with E-state index in [9.17, 15) is 4.79 Å². The van der Waals surface area contributed by atoms with Gasteiger partial charge in [0.25, 0.3) is 5.91 Å². The molecule has 134 valence electrons. The number of nitrogens with one attached hydrogen (secondary N) is 1. The number of methoxy groups -OCH3 is 2. The van der Waals surface area contributed by atoms with E-state index in [0.29, 0.717) is 34.5 Å². The Hall–Kier alpha value is -3.03. The van der Waals surface area contributed by atoms with Crippen LogP contribution in [0.25, 0.3) is 0 Å². The molecule has 0 spiro atoms. The number of anilines is 3. The van der Waals surface area contributed by atoms with E-state index in [4.69, 9.17) is 9.47 Å². The number of aromatic nitrogens is 2. The maximum atomic E-state index is 12.7. The van der Waals surface area contributed by atoms with Gasteiger partial charge < -0.3 is 24.6 Å². The zero-order valence-electron chi connectivity index (χ0n) is 15.3. The summed E-state index contributed by atoms with van der Waals surface area (Å²) in [6, 6.07) is 5.13. The van der Waals surface area contributed by atoms with E-state index in [-0.39, 0.29) is 5.91 Å². The van der Waals surface area contributed by atoms with Crippen LogP contribution in [0.3, 0.4) is 0 Å². The molecule has 1 aromatic carbocycles. The topological polar surface area (TPSA) is 79.8 Å². The van der Waals surface area contributed by atoms with Gasteiger partial charge in [-0.05, 0) is 12.1 Å². The van der Waals surface area contributed by atoms with E-state index in [1.807, 2.05) is 33.1 Å². The molecule has 8 nitrogen and oxygen atoms in total. The molecule has 1 amide bonds. The Morgan fingerprint density at radius 1 is 1.08 bits per heavy atom. The van der Waals surface area contributed by atoms with Crippen molar-refractivity contribution in [3.63, 3.8) is 0 Å². The normalized spacial score (nSPS) is 10.2. The summed E-state index contributed by atoms with van der Waals surface area (Å²) < 4.78 is 10.6.